The molecule has 3 nitrogen and oxygen atoms in total. The van der Waals surface area contributed by atoms with Gasteiger partial charge in [0.2, 0.25) is 0 Å². The van der Waals surface area contributed by atoms with E-state index in [1.165, 1.54) is 0 Å². The lowest BCUT2D eigenvalue weighted by molar-refractivity contribution is 0.0268. The Hall–Kier alpha value is -0.390. The molecule has 0 saturated heterocycles. The van der Waals surface area contributed by atoms with Crippen LogP contribution in [0.25, 0.3) is 0 Å². The summed E-state index contributed by atoms with van der Waals surface area (Å²) < 4.78 is 1.73. The van der Waals surface area contributed by atoms with Gasteiger partial charge in [0, 0.05) is 21.6 Å². The summed E-state index contributed by atoms with van der Waals surface area (Å²) in [5.74, 6) is -0.0482. The standard InChI is InChI=1S/C14H17Br2NO2/c1-17(12-4-2-3-5-13(12)18)14(19)9-6-10(15)8-11(16)7-9/h6-8,12-13,18H,2-5H2,1H3. The van der Waals surface area contributed by atoms with Crippen LogP contribution in [0.3, 0.4) is 0 Å². The Morgan fingerprint density at radius 2 is 1.79 bits per heavy atom. The van der Waals surface area contributed by atoms with Crippen LogP contribution in [0.5, 0.6) is 0 Å². The average Bonchev–Trinajstić information content (AvgIpc) is 2.36. The van der Waals surface area contributed by atoms with Gasteiger partial charge in [-0.1, -0.05) is 44.7 Å². The van der Waals surface area contributed by atoms with Crippen LogP contribution in [0.15, 0.2) is 27.1 Å². The third kappa shape index (κ3) is 3.58. The minimum Gasteiger partial charge on any atom is -0.391 e. The molecule has 19 heavy (non-hydrogen) atoms. The third-order valence-corrected chi connectivity index (χ3v) is 4.54. The number of hydrogen-bond donors (Lipinski definition) is 1. The minimum absolute atomic E-state index is 0.0482. The molecule has 1 amide bonds. The van der Waals surface area contributed by atoms with Crippen molar-refractivity contribution in [2.75, 3.05) is 7.05 Å². The molecular formula is C14H17Br2NO2. The van der Waals surface area contributed by atoms with Gasteiger partial charge in [0.15, 0.2) is 0 Å². The monoisotopic (exact) mass is 389 g/mol. The van der Waals surface area contributed by atoms with E-state index in [1.54, 1.807) is 24.1 Å². The molecule has 1 aliphatic rings. The number of carbonyl (C=O) groups is 1. The maximum absolute atomic E-state index is 12.5. The molecule has 0 spiro atoms. The Bertz CT molecular complexity index is 458. The fourth-order valence-electron chi connectivity index (χ4n) is 2.58. The van der Waals surface area contributed by atoms with Crippen LogP contribution in [0.4, 0.5) is 0 Å². The molecule has 0 aliphatic heterocycles. The van der Waals surface area contributed by atoms with E-state index in [2.05, 4.69) is 31.9 Å². The number of rotatable bonds is 2. The lowest BCUT2D eigenvalue weighted by Crippen LogP contribution is -2.46. The van der Waals surface area contributed by atoms with Crippen molar-refractivity contribution < 1.29 is 9.90 Å². The van der Waals surface area contributed by atoms with Crippen molar-refractivity contribution in [3.63, 3.8) is 0 Å². The normalized spacial score (nSPS) is 23.2. The molecule has 1 saturated carbocycles. The second-order valence-electron chi connectivity index (χ2n) is 4.99. The van der Waals surface area contributed by atoms with Crippen molar-refractivity contribution in [2.45, 2.75) is 37.8 Å². The number of likely N-dealkylation sites (N-methyl/N-ethyl adjacent to an activating group) is 1. The van der Waals surface area contributed by atoms with Crippen molar-refractivity contribution in [2.24, 2.45) is 0 Å². The Morgan fingerprint density at radius 1 is 1.21 bits per heavy atom. The molecule has 0 heterocycles. The second kappa shape index (κ2) is 6.37. The van der Waals surface area contributed by atoms with E-state index in [4.69, 9.17) is 0 Å². The number of carbonyl (C=O) groups excluding carboxylic acids is 1. The summed E-state index contributed by atoms with van der Waals surface area (Å²) in [6.45, 7) is 0. The number of hydrogen-bond acceptors (Lipinski definition) is 2. The number of nitrogens with zero attached hydrogens (tertiary/aromatic N) is 1. The zero-order valence-corrected chi connectivity index (χ0v) is 13.9. The molecule has 1 fully saturated rings. The summed E-state index contributed by atoms with van der Waals surface area (Å²) in [6.07, 6.45) is 3.37. The predicted octanol–water partition coefficient (Wildman–Crippen LogP) is 3.59. The zero-order valence-electron chi connectivity index (χ0n) is 10.8. The molecule has 104 valence electrons. The van der Waals surface area contributed by atoms with E-state index in [-0.39, 0.29) is 11.9 Å². The molecule has 1 N–H and O–H groups in total. The van der Waals surface area contributed by atoms with Crippen LogP contribution < -0.4 is 0 Å². The summed E-state index contributed by atoms with van der Waals surface area (Å²) >= 11 is 6.78. The molecule has 5 heteroatoms. The first kappa shape index (κ1) is 15.0. The van der Waals surface area contributed by atoms with Crippen molar-refractivity contribution in [3.05, 3.63) is 32.7 Å². The van der Waals surface area contributed by atoms with Crippen LogP contribution in [-0.4, -0.2) is 35.1 Å². The van der Waals surface area contributed by atoms with Gasteiger partial charge in [-0.25, -0.2) is 0 Å². The van der Waals surface area contributed by atoms with Crippen molar-refractivity contribution in [1.29, 1.82) is 0 Å². The van der Waals surface area contributed by atoms with Gasteiger partial charge in [0.1, 0.15) is 0 Å². The Balaban J connectivity index is 2.18. The van der Waals surface area contributed by atoms with E-state index < -0.39 is 6.10 Å². The van der Waals surface area contributed by atoms with Crippen LogP contribution in [-0.2, 0) is 0 Å². The molecule has 1 aliphatic carbocycles. The summed E-state index contributed by atoms with van der Waals surface area (Å²) in [5, 5.41) is 10.0. The van der Waals surface area contributed by atoms with E-state index >= 15 is 0 Å². The largest absolute Gasteiger partial charge is 0.391 e. The molecule has 2 rings (SSSR count). The second-order valence-corrected chi connectivity index (χ2v) is 6.82. The molecule has 2 atom stereocenters. The first-order valence-corrected chi connectivity index (χ1v) is 7.99. The molecule has 2 unspecified atom stereocenters. The fourth-order valence-corrected chi connectivity index (χ4v) is 3.87. The van der Waals surface area contributed by atoms with Gasteiger partial charge in [-0.2, -0.15) is 0 Å². The van der Waals surface area contributed by atoms with Gasteiger partial charge >= 0.3 is 0 Å². The maximum atomic E-state index is 12.5. The quantitative estimate of drug-likeness (QED) is 0.838. The molecule has 1 aromatic carbocycles. The van der Waals surface area contributed by atoms with E-state index in [1.807, 2.05) is 6.07 Å². The van der Waals surface area contributed by atoms with Crippen LogP contribution in [0.2, 0.25) is 0 Å². The minimum atomic E-state index is -0.404. The smallest absolute Gasteiger partial charge is 0.254 e. The fraction of sp³-hybridized carbons (Fsp3) is 0.500. The van der Waals surface area contributed by atoms with E-state index in [0.717, 1.165) is 34.6 Å². The lowest BCUT2D eigenvalue weighted by atomic mass is 9.91. The van der Waals surface area contributed by atoms with Crippen LogP contribution in [0, 0.1) is 0 Å². The molecular weight excluding hydrogens is 374 g/mol. The first-order chi connectivity index (χ1) is 8.99. The van der Waals surface area contributed by atoms with Crippen LogP contribution >= 0.6 is 31.9 Å². The van der Waals surface area contributed by atoms with Gasteiger partial charge in [0.25, 0.3) is 5.91 Å². The van der Waals surface area contributed by atoms with Crippen LogP contribution in [0.1, 0.15) is 36.0 Å². The van der Waals surface area contributed by atoms with Gasteiger partial charge in [0.05, 0.1) is 12.1 Å². The molecule has 0 radical (unpaired) electrons. The first-order valence-electron chi connectivity index (χ1n) is 6.40. The molecule has 0 bridgehead atoms. The lowest BCUT2D eigenvalue weighted by Gasteiger charge is -2.35. The number of halogens is 2. The summed E-state index contributed by atoms with van der Waals surface area (Å²) in [7, 11) is 1.77. The highest BCUT2D eigenvalue weighted by Crippen LogP contribution is 2.25. The van der Waals surface area contributed by atoms with Crippen molar-refractivity contribution in [3.8, 4) is 0 Å². The zero-order chi connectivity index (χ0) is 14.0. The average molecular weight is 391 g/mol. The Labute approximate surface area is 130 Å². The van der Waals surface area contributed by atoms with Gasteiger partial charge < -0.3 is 10.0 Å². The summed E-state index contributed by atoms with van der Waals surface area (Å²) in [4.78, 5) is 14.1. The highest BCUT2D eigenvalue weighted by Gasteiger charge is 2.29. The van der Waals surface area contributed by atoms with E-state index in [9.17, 15) is 9.90 Å². The Morgan fingerprint density at radius 3 is 2.37 bits per heavy atom. The highest BCUT2D eigenvalue weighted by atomic mass is 79.9. The summed E-state index contributed by atoms with van der Waals surface area (Å²) in [5.41, 5.74) is 0.626. The van der Waals surface area contributed by atoms with Gasteiger partial charge in [-0.15, -0.1) is 0 Å². The number of aliphatic hydroxyl groups is 1. The van der Waals surface area contributed by atoms with Crippen molar-refractivity contribution in [1.82, 2.24) is 4.90 Å². The number of amides is 1. The number of aliphatic hydroxyl groups excluding tert-OH is 1. The third-order valence-electron chi connectivity index (χ3n) is 3.62. The Kier molecular flexibility index (Phi) is 5.03. The van der Waals surface area contributed by atoms with Gasteiger partial charge in [-0.05, 0) is 31.0 Å². The topological polar surface area (TPSA) is 40.5 Å². The SMILES string of the molecule is CN(C(=O)c1cc(Br)cc(Br)c1)C1CCCCC1O. The summed E-state index contributed by atoms with van der Waals surface area (Å²) in [6, 6.07) is 5.43. The molecule has 1 aromatic rings. The molecule has 0 aromatic heterocycles. The highest BCUT2D eigenvalue weighted by molar-refractivity contribution is 9.11. The number of benzene rings is 1. The van der Waals surface area contributed by atoms with E-state index in [0.29, 0.717) is 5.56 Å². The van der Waals surface area contributed by atoms with Crippen molar-refractivity contribution >= 4 is 37.8 Å². The maximum Gasteiger partial charge on any atom is 0.254 e. The predicted molar refractivity (Wildman–Crippen MR) is 82.2 cm³/mol. The van der Waals surface area contributed by atoms with Gasteiger partial charge in [-0.3, -0.25) is 4.79 Å².